The van der Waals surface area contributed by atoms with E-state index in [1.165, 1.54) is 12.1 Å². The molecule has 0 fully saturated rings. The first-order valence-electron chi connectivity index (χ1n) is 5.35. The van der Waals surface area contributed by atoms with Gasteiger partial charge in [0.1, 0.15) is 11.6 Å². The number of likely N-dealkylation sites (N-methyl/N-ethyl adjacent to an activating group) is 2. The van der Waals surface area contributed by atoms with Crippen molar-refractivity contribution in [3.8, 4) is 5.75 Å². The number of pyridine rings is 1. The Morgan fingerprint density at radius 2 is 1.83 bits per heavy atom. The monoisotopic (exact) mass is 263 g/mol. The lowest BCUT2D eigenvalue weighted by Crippen LogP contribution is -2.29. The number of ether oxygens (including phenoxy) is 1. The van der Waals surface area contributed by atoms with E-state index in [1.54, 1.807) is 0 Å². The molecule has 7 heteroatoms. The number of anilines is 1. The third kappa shape index (κ3) is 5.22. The Bertz CT molecular complexity index is 365. The standard InChI is InChI=1S/C11H16F3N3O/c1-16(2)6-7-17(3)10-5-4-9(8-15-10)18-11(12,13)14/h4-5,8H,6-7H2,1-3H3. The Morgan fingerprint density at radius 1 is 1.17 bits per heavy atom. The third-order valence-electron chi connectivity index (χ3n) is 2.23. The van der Waals surface area contributed by atoms with Gasteiger partial charge in [-0.3, -0.25) is 0 Å². The van der Waals surface area contributed by atoms with Crippen molar-refractivity contribution in [1.82, 2.24) is 9.88 Å². The van der Waals surface area contributed by atoms with Gasteiger partial charge in [-0.2, -0.15) is 0 Å². The maximum absolute atomic E-state index is 11.9. The molecule has 18 heavy (non-hydrogen) atoms. The lowest BCUT2D eigenvalue weighted by atomic mass is 10.4. The molecule has 0 saturated carbocycles. The molecule has 0 aromatic carbocycles. The largest absolute Gasteiger partial charge is 0.573 e. The molecule has 1 heterocycles. The predicted molar refractivity (Wildman–Crippen MR) is 62.7 cm³/mol. The number of nitrogens with zero attached hydrogens (tertiary/aromatic N) is 3. The fourth-order valence-corrected chi connectivity index (χ4v) is 1.26. The average molecular weight is 263 g/mol. The lowest BCUT2D eigenvalue weighted by Gasteiger charge is -2.20. The molecule has 0 aliphatic carbocycles. The van der Waals surface area contributed by atoms with E-state index < -0.39 is 6.36 Å². The molecule has 0 unspecified atom stereocenters. The summed E-state index contributed by atoms with van der Waals surface area (Å²) < 4.78 is 39.6. The normalized spacial score (nSPS) is 11.7. The Labute approximate surface area is 104 Å². The van der Waals surface area contributed by atoms with Gasteiger partial charge in [0, 0.05) is 20.1 Å². The topological polar surface area (TPSA) is 28.6 Å². The molecule has 0 N–H and O–H groups in total. The van der Waals surface area contributed by atoms with E-state index in [2.05, 4.69) is 9.72 Å². The lowest BCUT2D eigenvalue weighted by molar-refractivity contribution is -0.274. The van der Waals surface area contributed by atoms with Crippen LogP contribution in [0.5, 0.6) is 5.75 Å². The highest BCUT2D eigenvalue weighted by molar-refractivity contribution is 5.39. The highest BCUT2D eigenvalue weighted by Crippen LogP contribution is 2.23. The zero-order valence-electron chi connectivity index (χ0n) is 10.5. The molecule has 102 valence electrons. The van der Waals surface area contributed by atoms with Crippen LogP contribution in [0.25, 0.3) is 0 Å². The Morgan fingerprint density at radius 3 is 2.28 bits per heavy atom. The van der Waals surface area contributed by atoms with E-state index in [0.29, 0.717) is 5.82 Å². The van der Waals surface area contributed by atoms with Crippen LogP contribution < -0.4 is 9.64 Å². The number of hydrogen-bond acceptors (Lipinski definition) is 4. The van der Waals surface area contributed by atoms with Gasteiger partial charge < -0.3 is 14.5 Å². The van der Waals surface area contributed by atoms with Crippen molar-refractivity contribution in [3.05, 3.63) is 18.3 Å². The van der Waals surface area contributed by atoms with Gasteiger partial charge in [-0.05, 0) is 26.2 Å². The predicted octanol–water partition coefficient (Wildman–Crippen LogP) is 1.98. The maximum atomic E-state index is 11.9. The minimum Gasteiger partial charge on any atom is -0.404 e. The molecule has 0 spiro atoms. The maximum Gasteiger partial charge on any atom is 0.573 e. The summed E-state index contributed by atoms with van der Waals surface area (Å²) in [6, 6.07) is 2.75. The summed E-state index contributed by atoms with van der Waals surface area (Å²) in [5, 5.41) is 0. The SMILES string of the molecule is CN(C)CCN(C)c1ccc(OC(F)(F)F)cn1. The highest BCUT2D eigenvalue weighted by Gasteiger charge is 2.31. The summed E-state index contributed by atoms with van der Waals surface area (Å²) >= 11 is 0. The number of hydrogen-bond donors (Lipinski definition) is 0. The Balaban J connectivity index is 2.59. The molecule has 4 nitrogen and oxygen atoms in total. The summed E-state index contributed by atoms with van der Waals surface area (Å²) in [7, 11) is 5.72. The van der Waals surface area contributed by atoms with Crippen LogP contribution in [-0.2, 0) is 0 Å². The van der Waals surface area contributed by atoms with Crippen LogP contribution in [0.2, 0.25) is 0 Å². The molecule has 0 aliphatic rings. The molecular weight excluding hydrogens is 247 g/mol. The van der Waals surface area contributed by atoms with Crippen molar-refractivity contribution in [2.75, 3.05) is 39.1 Å². The minimum absolute atomic E-state index is 0.313. The van der Waals surface area contributed by atoms with Gasteiger partial charge in [-0.1, -0.05) is 0 Å². The highest BCUT2D eigenvalue weighted by atomic mass is 19.4. The molecular formula is C11H16F3N3O. The molecule has 0 radical (unpaired) electrons. The van der Waals surface area contributed by atoms with E-state index in [1.807, 2.05) is 30.9 Å². The van der Waals surface area contributed by atoms with Crippen LogP contribution in [0.15, 0.2) is 18.3 Å². The zero-order valence-corrected chi connectivity index (χ0v) is 10.5. The van der Waals surface area contributed by atoms with E-state index >= 15 is 0 Å². The van der Waals surface area contributed by atoms with Crippen LogP contribution in [0, 0.1) is 0 Å². The summed E-state index contributed by atoms with van der Waals surface area (Å²) in [6.45, 7) is 1.57. The summed E-state index contributed by atoms with van der Waals surface area (Å²) in [5.41, 5.74) is 0. The molecule has 0 aliphatic heterocycles. The number of rotatable bonds is 5. The smallest absolute Gasteiger partial charge is 0.404 e. The third-order valence-corrected chi connectivity index (χ3v) is 2.23. The van der Waals surface area contributed by atoms with Gasteiger partial charge in [0.15, 0.2) is 0 Å². The van der Waals surface area contributed by atoms with Gasteiger partial charge in [-0.15, -0.1) is 13.2 Å². The molecule has 1 aromatic heterocycles. The number of aromatic nitrogens is 1. The van der Waals surface area contributed by atoms with Crippen LogP contribution in [0.1, 0.15) is 0 Å². The van der Waals surface area contributed by atoms with E-state index in [0.717, 1.165) is 19.3 Å². The van der Waals surface area contributed by atoms with E-state index in [9.17, 15) is 13.2 Å². The second-order valence-corrected chi connectivity index (χ2v) is 4.12. The van der Waals surface area contributed by atoms with Crippen LogP contribution in [0.4, 0.5) is 19.0 Å². The summed E-state index contributed by atoms with van der Waals surface area (Å²) in [6.07, 6.45) is -3.62. The van der Waals surface area contributed by atoms with Gasteiger partial charge >= 0.3 is 6.36 Å². The number of alkyl halides is 3. The van der Waals surface area contributed by atoms with Crippen molar-refractivity contribution >= 4 is 5.82 Å². The minimum atomic E-state index is -4.68. The number of halogens is 3. The summed E-state index contributed by atoms with van der Waals surface area (Å²) in [4.78, 5) is 7.79. The Kier molecular flexibility index (Phi) is 4.77. The molecule has 0 bridgehead atoms. The fourth-order valence-electron chi connectivity index (χ4n) is 1.26. The van der Waals surface area contributed by atoms with Crippen LogP contribution in [-0.4, -0.2) is 50.5 Å². The molecule has 1 aromatic rings. The van der Waals surface area contributed by atoms with E-state index in [-0.39, 0.29) is 5.75 Å². The molecule has 0 amide bonds. The average Bonchev–Trinajstić information content (AvgIpc) is 2.24. The molecule has 0 atom stereocenters. The zero-order chi connectivity index (χ0) is 13.8. The molecule has 0 saturated heterocycles. The van der Waals surface area contributed by atoms with Crippen molar-refractivity contribution in [3.63, 3.8) is 0 Å². The van der Waals surface area contributed by atoms with Gasteiger partial charge in [0.25, 0.3) is 0 Å². The first-order valence-corrected chi connectivity index (χ1v) is 5.35. The fraction of sp³-hybridized carbons (Fsp3) is 0.545. The second kappa shape index (κ2) is 5.90. The van der Waals surface area contributed by atoms with Crippen molar-refractivity contribution in [1.29, 1.82) is 0 Å². The van der Waals surface area contributed by atoms with Crippen molar-refractivity contribution in [2.45, 2.75) is 6.36 Å². The van der Waals surface area contributed by atoms with Crippen LogP contribution >= 0.6 is 0 Å². The quantitative estimate of drug-likeness (QED) is 0.812. The van der Waals surface area contributed by atoms with E-state index in [4.69, 9.17) is 0 Å². The van der Waals surface area contributed by atoms with Gasteiger partial charge in [0.05, 0.1) is 6.20 Å². The van der Waals surface area contributed by atoms with Gasteiger partial charge in [0.2, 0.25) is 0 Å². The first kappa shape index (κ1) is 14.6. The second-order valence-electron chi connectivity index (χ2n) is 4.12. The van der Waals surface area contributed by atoms with Crippen molar-refractivity contribution < 1.29 is 17.9 Å². The first-order chi connectivity index (χ1) is 8.28. The van der Waals surface area contributed by atoms with Crippen molar-refractivity contribution in [2.24, 2.45) is 0 Å². The molecule has 1 rings (SSSR count). The summed E-state index contributed by atoms with van der Waals surface area (Å²) in [5.74, 6) is 0.290. The van der Waals surface area contributed by atoms with Crippen LogP contribution in [0.3, 0.4) is 0 Å². The van der Waals surface area contributed by atoms with Gasteiger partial charge in [-0.25, -0.2) is 4.98 Å². The Hall–Kier alpha value is -1.50.